The molecule has 172 valence electrons. The van der Waals surface area contributed by atoms with Crippen LogP contribution in [0.4, 0.5) is 0 Å². The molecule has 0 aliphatic rings. The first-order chi connectivity index (χ1) is 15.2. The lowest BCUT2D eigenvalue weighted by Gasteiger charge is -2.18. The number of methoxy groups -OCH3 is 1. The van der Waals surface area contributed by atoms with E-state index in [0.717, 1.165) is 22.5 Å². The highest BCUT2D eigenvalue weighted by molar-refractivity contribution is 7.98. The minimum atomic E-state index is -0.192. The van der Waals surface area contributed by atoms with Crippen molar-refractivity contribution in [2.45, 2.75) is 52.2 Å². The molecule has 0 spiro atoms. The number of benzene rings is 1. The summed E-state index contributed by atoms with van der Waals surface area (Å²) in [5.41, 5.74) is 3.45. The Morgan fingerprint density at radius 3 is 2.59 bits per heavy atom. The molecule has 9 heteroatoms. The van der Waals surface area contributed by atoms with Crippen molar-refractivity contribution in [1.82, 2.24) is 24.9 Å². The number of nitrogens with one attached hydrogen (secondary N) is 1. The highest BCUT2D eigenvalue weighted by atomic mass is 32.2. The second-order valence-corrected chi connectivity index (χ2v) is 8.93. The molecule has 3 rings (SSSR count). The van der Waals surface area contributed by atoms with Crippen LogP contribution < -0.4 is 14.8 Å². The maximum atomic E-state index is 12.9. The molecular weight excluding hydrogens is 426 g/mol. The molecule has 1 unspecified atom stereocenters. The van der Waals surface area contributed by atoms with Crippen molar-refractivity contribution in [2.24, 2.45) is 5.92 Å². The van der Waals surface area contributed by atoms with Gasteiger partial charge >= 0.3 is 0 Å². The van der Waals surface area contributed by atoms with Crippen molar-refractivity contribution in [3.8, 4) is 11.5 Å². The molecule has 0 radical (unpaired) electrons. The summed E-state index contributed by atoms with van der Waals surface area (Å²) in [7, 11) is 1.62. The number of aryl methyl sites for hydroxylation is 2. The van der Waals surface area contributed by atoms with Crippen molar-refractivity contribution in [3.05, 3.63) is 40.7 Å². The molecule has 1 amide bonds. The van der Waals surface area contributed by atoms with E-state index in [9.17, 15) is 4.79 Å². The van der Waals surface area contributed by atoms with Crippen molar-refractivity contribution < 1.29 is 14.3 Å². The van der Waals surface area contributed by atoms with Gasteiger partial charge in [-0.05, 0) is 50.6 Å². The van der Waals surface area contributed by atoms with E-state index in [0.29, 0.717) is 35.0 Å². The Morgan fingerprint density at radius 1 is 1.19 bits per heavy atom. The maximum Gasteiger partial charge on any atom is 0.253 e. The van der Waals surface area contributed by atoms with Crippen LogP contribution in [0, 0.1) is 19.8 Å². The van der Waals surface area contributed by atoms with E-state index in [1.54, 1.807) is 11.6 Å². The van der Waals surface area contributed by atoms with Gasteiger partial charge in [0.1, 0.15) is 0 Å². The average Bonchev–Trinajstić information content (AvgIpc) is 3.18. The van der Waals surface area contributed by atoms with Crippen molar-refractivity contribution in [2.75, 3.05) is 20.0 Å². The highest BCUT2D eigenvalue weighted by Gasteiger charge is 2.18. The van der Waals surface area contributed by atoms with Gasteiger partial charge in [0, 0.05) is 17.0 Å². The molecule has 0 fully saturated rings. The lowest BCUT2D eigenvalue weighted by Crippen LogP contribution is -2.29. The number of thioether (sulfide) groups is 1. The zero-order valence-corrected chi connectivity index (χ0v) is 20.5. The van der Waals surface area contributed by atoms with Crippen LogP contribution in [-0.2, 0) is 11.2 Å². The zero-order valence-electron chi connectivity index (χ0n) is 19.7. The third kappa shape index (κ3) is 5.32. The molecule has 32 heavy (non-hydrogen) atoms. The highest BCUT2D eigenvalue weighted by Crippen LogP contribution is 2.30. The van der Waals surface area contributed by atoms with E-state index in [1.165, 1.54) is 11.8 Å². The summed E-state index contributed by atoms with van der Waals surface area (Å²) in [5, 5.41) is 8.18. The number of carbonyl (C=O) groups excluding carboxylic acids is 1. The van der Waals surface area contributed by atoms with Gasteiger partial charge in [0.15, 0.2) is 11.5 Å². The molecule has 8 nitrogen and oxygen atoms in total. The number of hydrogen-bond acceptors (Lipinski definition) is 7. The molecule has 0 aliphatic heterocycles. The van der Waals surface area contributed by atoms with Gasteiger partial charge in [-0.2, -0.15) is 4.98 Å². The number of fused-ring (bicyclic) bond motifs is 1. The molecule has 0 saturated heterocycles. The first kappa shape index (κ1) is 23.8. The third-order valence-electron chi connectivity index (χ3n) is 5.19. The van der Waals surface area contributed by atoms with Crippen LogP contribution in [-0.4, -0.2) is 45.5 Å². The smallest absolute Gasteiger partial charge is 0.253 e. The number of nitrogens with zero attached hydrogens (tertiary/aromatic N) is 4. The molecule has 0 aliphatic carbocycles. The van der Waals surface area contributed by atoms with Crippen LogP contribution in [0.25, 0.3) is 5.78 Å². The molecule has 0 bridgehead atoms. The molecule has 2 aromatic heterocycles. The Kier molecular flexibility index (Phi) is 7.60. The quantitative estimate of drug-likeness (QED) is 0.487. The van der Waals surface area contributed by atoms with E-state index in [1.807, 2.05) is 45.2 Å². The fourth-order valence-corrected chi connectivity index (χ4v) is 3.73. The Morgan fingerprint density at radius 2 is 1.94 bits per heavy atom. The number of rotatable bonds is 9. The van der Waals surface area contributed by atoms with Gasteiger partial charge in [-0.1, -0.05) is 31.7 Å². The summed E-state index contributed by atoms with van der Waals surface area (Å²) < 4.78 is 13.0. The molecule has 1 aromatic carbocycles. The van der Waals surface area contributed by atoms with Crippen LogP contribution in [0.2, 0.25) is 0 Å². The van der Waals surface area contributed by atoms with Gasteiger partial charge in [0.05, 0.1) is 26.2 Å². The number of carbonyl (C=O) groups is 1. The van der Waals surface area contributed by atoms with E-state index in [4.69, 9.17) is 9.47 Å². The SMILES string of the molecule is COc1cc(C(C)NC(=O)Cc2c(C)nc3nc(SC)nn3c2C)ccc1OCC(C)C. The van der Waals surface area contributed by atoms with Gasteiger partial charge in [-0.3, -0.25) is 4.79 Å². The van der Waals surface area contributed by atoms with Crippen LogP contribution >= 0.6 is 11.8 Å². The predicted molar refractivity (Wildman–Crippen MR) is 126 cm³/mol. The van der Waals surface area contributed by atoms with Crippen LogP contribution in [0.1, 0.15) is 49.3 Å². The normalized spacial score (nSPS) is 12.2. The van der Waals surface area contributed by atoms with E-state index in [2.05, 4.69) is 34.2 Å². The second kappa shape index (κ2) is 10.2. The first-order valence-corrected chi connectivity index (χ1v) is 11.8. The minimum absolute atomic E-state index is 0.0887. The fourth-order valence-electron chi connectivity index (χ4n) is 3.40. The van der Waals surface area contributed by atoms with Gasteiger partial charge in [0.25, 0.3) is 5.78 Å². The number of aromatic nitrogens is 4. The molecule has 0 saturated carbocycles. The molecule has 1 atom stereocenters. The largest absolute Gasteiger partial charge is 0.493 e. The average molecular weight is 458 g/mol. The summed E-state index contributed by atoms with van der Waals surface area (Å²) in [6, 6.07) is 5.55. The van der Waals surface area contributed by atoms with Gasteiger partial charge in [-0.15, -0.1) is 5.10 Å². The topological polar surface area (TPSA) is 90.6 Å². The summed E-state index contributed by atoms with van der Waals surface area (Å²) in [4.78, 5) is 21.8. The standard InChI is InChI=1S/C23H31N5O3S/c1-13(2)12-31-19-9-8-17(10-20(19)30-6)14(3)24-21(29)11-18-15(4)25-22-26-23(32-7)27-28(22)16(18)5/h8-10,13-14H,11-12H2,1-7H3,(H,24,29). The minimum Gasteiger partial charge on any atom is -0.493 e. The summed E-state index contributed by atoms with van der Waals surface area (Å²) >= 11 is 1.46. The maximum absolute atomic E-state index is 12.9. The Balaban J connectivity index is 1.73. The predicted octanol–water partition coefficient (Wildman–Crippen LogP) is 3.93. The molecule has 3 aromatic rings. The van der Waals surface area contributed by atoms with Crippen molar-refractivity contribution >= 4 is 23.4 Å². The number of amides is 1. The first-order valence-electron chi connectivity index (χ1n) is 10.6. The summed E-state index contributed by atoms with van der Waals surface area (Å²) in [5.74, 6) is 2.24. The number of ether oxygens (including phenoxy) is 2. The zero-order chi connectivity index (χ0) is 23.4. The Hall–Kier alpha value is -2.81. The lowest BCUT2D eigenvalue weighted by molar-refractivity contribution is -0.121. The molecular formula is C23H31N5O3S. The van der Waals surface area contributed by atoms with Gasteiger partial charge < -0.3 is 14.8 Å². The van der Waals surface area contributed by atoms with E-state index >= 15 is 0 Å². The van der Waals surface area contributed by atoms with Crippen LogP contribution in [0.15, 0.2) is 23.4 Å². The Labute approximate surface area is 193 Å². The fraction of sp³-hybridized carbons (Fsp3) is 0.478. The van der Waals surface area contributed by atoms with Crippen molar-refractivity contribution in [3.63, 3.8) is 0 Å². The van der Waals surface area contributed by atoms with Crippen molar-refractivity contribution in [1.29, 1.82) is 0 Å². The van der Waals surface area contributed by atoms with Crippen LogP contribution in [0.5, 0.6) is 11.5 Å². The van der Waals surface area contributed by atoms with Crippen LogP contribution in [0.3, 0.4) is 0 Å². The molecule has 1 N–H and O–H groups in total. The Bertz CT molecular complexity index is 1110. The third-order valence-corrected chi connectivity index (χ3v) is 5.72. The summed E-state index contributed by atoms with van der Waals surface area (Å²) in [6.07, 6.45) is 2.14. The van der Waals surface area contributed by atoms with E-state index < -0.39 is 0 Å². The molecule has 2 heterocycles. The van der Waals surface area contributed by atoms with E-state index in [-0.39, 0.29) is 18.4 Å². The number of hydrogen-bond donors (Lipinski definition) is 1. The van der Waals surface area contributed by atoms with Gasteiger partial charge in [0.2, 0.25) is 11.1 Å². The second-order valence-electron chi connectivity index (χ2n) is 8.15. The lowest BCUT2D eigenvalue weighted by atomic mass is 10.1. The summed E-state index contributed by atoms with van der Waals surface area (Å²) in [6.45, 7) is 10.6. The monoisotopic (exact) mass is 457 g/mol. The van der Waals surface area contributed by atoms with Gasteiger partial charge in [-0.25, -0.2) is 9.50 Å².